The van der Waals surface area contributed by atoms with Gasteiger partial charge in [0.2, 0.25) is 0 Å². The van der Waals surface area contributed by atoms with Gasteiger partial charge in [-0.1, -0.05) is 42.5 Å². The molecule has 0 saturated carbocycles. The van der Waals surface area contributed by atoms with E-state index in [0.717, 1.165) is 31.8 Å². The van der Waals surface area contributed by atoms with E-state index < -0.39 is 0 Å². The van der Waals surface area contributed by atoms with Crippen molar-refractivity contribution in [3.63, 3.8) is 0 Å². The number of H-pyrrole nitrogens is 1. The Kier molecular flexibility index (Phi) is 6.60. The molecule has 1 atom stereocenters. The molecule has 1 aliphatic heterocycles. The van der Waals surface area contributed by atoms with E-state index in [9.17, 15) is 0 Å². The van der Waals surface area contributed by atoms with E-state index in [0.29, 0.717) is 12.5 Å². The number of nitrogens with one attached hydrogen (secondary N) is 1. The van der Waals surface area contributed by atoms with Crippen LogP contribution in [0, 0.1) is 0 Å². The number of aromatic nitrogens is 2. The molecule has 2 heterocycles. The molecule has 1 aliphatic rings. The predicted octanol–water partition coefficient (Wildman–Crippen LogP) is 3.75. The topological polar surface area (TPSA) is 61.4 Å². The first-order valence-corrected chi connectivity index (χ1v) is 10.4. The van der Waals surface area contributed by atoms with E-state index in [-0.39, 0.29) is 6.61 Å². The van der Waals surface area contributed by atoms with Gasteiger partial charge in [-0.3, -0.25) is 10.00 Å². The number of aliphatic hydroxyl groups is 1. The molecule has 0 bridgehead atoms. The minimum absolute atomic E-state index is 0.0352. The fourth-order valence-corrected chi connectivity index (χ4v) is 4.22. The lowest BCUT2D eigenvalue weighted by molar-refractivity contribution is 0.195. The Morgan fingerprint density at radius 3 is 2.83 bits per heavy atom. The Balaban J connectivity index is 1.41. The average Bonchev–Trinajstić information content (AvgIpc) is 3.21. The van der Waals surface area contributed by atoms with Crippen LogP contribution in [-0.2, 0) is 13.0 Å². The van der Waals surface area contributed by atoms with Crippen molar-refractivity contribution in [1.82, 2.24) is 15.1 Å². The minimum Gasteiger partial charge on any atom is -0.491 e. The van der Waals surface area contributed by atoms with Gasteiger partial charge in [-0.25, -0.2) is 0 Å². The molecule has 0 aliphatic carbocycles. The molecule has 29 heavy (non-hydrogen) atoms. The normalized spacial score (nSPS) is 17.3. The molecule has 0 radical (unpaired) electrons. The van der Waals surface area contributed by atoms with Crippen LogP contribution in [0.3, 0.4) is 0 Å². The molecule has 4 rings (SSSR count). The van der Waals surface area contributed by atoms with Crippen LogP contribution < -0.4 is 4.74 Å². The number of hydrogen-bond donors (Lipinski definition) is 2. The van der Waals surface area contributed by atoms with Gasteiger partial charge in [0.25, 0.3) is 0 Å². The molecule has 1 saturated heterocycles. The molecule has 2 N–H and O–H groups in total. The Labute approximate surface area is 172 Å². The lowest BCUT2D eigenvalue weighted by Crippen LogP contribution is -2.34. The van der Waals surface area contributed by atoms with Gasteiger partial charge in [-0.2, -0.15) is 5.10 Å². The average molecular weight is 392 g/mol. The van der Waals surface area contributed by atoms with Crippen molar-refractivity contribution >= 4 is 0 Å². The zero-order valence-electron chi connectivity index (χ0n) is 16.8. The van der Waals surface area contributed by atoms with Crippen molar-refractivity contribution in [1.29, 1.82) is 0 Å². The van der Waals surface area contributed by atoms with Crippen LogP contribution in [0.1, 0.15) is 41.1 Å². The highest BCUT2D eigenvalue weighted by atomic mass is 16.5. The molecule has 3 aromatic rings. The molecule has 0 spiro atoms. The minimum atomic E-state index is 0.0352. The van der Waals surface area contributed by atoms with Crippen molar-refractivity contribution in [3.8, 4) is 5.75 Å². The molecule has 152 valence electrons. The van der Waals surface area contributed by atoms with E-state index in [1.807, 2.05) is 18.3 Å². The van der Waals surface area contributed by atoms with Gasteiger partial charge < -0.3 is 9.84 Å². The molecule has 2 aromatic carbocycles. The van der Waals surface area contributed by atoms with Gasteiger partial charge in [0.1, 0.15) is 12.4 Å². The maximum absolute atomic E-state index is 8.95. The molecular formula is C24H29N3O2. The lowest BCUT2D eigenvalue weighted by Gasteiger charge is -2.32. The summed E-state index contributed by atoms with van der Waals surface area (Å²) < 4.78 is 5.56. The van der Waals surface area contributed by atoms with Crippen molar-refractivity contribution in [2.75, 3.05) is 26.3 Å². The van der Waals surface area contributed by atoms with Crippen molar-refractivity contribution in [3.05, 3.63) is 83.2 Å². The van der Waals surface area contributed by atoms with Gasteiger partial charge in [0.15, 0.2) is 0 Å². The molecule has 1 aromatic heterocycles. The third kappa shape index (κ3) is 5.25. The standard InChI is InChI=1S/C24H29N3O2/c28-12-13-29-23-10-4-8-20(15-23)17-27-11-5-9-21(18-27)24-22(16-25-26-24)14-19-6-2-1-3-7-19/h1-4,6-8,10,15-16,21,28H,5,9,11-14,17-18H2,(H,25,26)/t21-/m0/s1. The second-order valence-electron chi connectivity index (χ2n) is 7.77. The molecule has 0 amide bonds. The highest BCUT2D eigenvalue weighted by Crippen LogP contribution is 2.30. The van der Waals surface area contributed by atoms with Gasteiger partial charge in [0, 0.05) is 31.1 Å². The SMILES string of the molecule is OCCOc1cccc(CN2CCC[C@H](c3[nH]ncc3Cc3ccccc3)C2)c1. The van der Waals surface area contributed by atoms with Crippen LogP contribution in [-0.4, -0.2) is 46.5 Å². The van der Waals surface area contributed by atoms with E-state index in [1.54, 1.807) is 0 Å². The van der Waals surface area contributed by atoms with Crippen LogP contribution in [0.5, 0.6) is 5.75 Å². The number of aromatic amines is 1. The Morgan fingerprint density at radius 2 is 1.97 bits per heavy atom. The van der Waals surface area contributed by atoms with Gasteiger partial charge in [0.05, 0.1) is 12.8 Å². The number of benzene rings is 2. The Hall–Kier alpha value is -2.63. The molecular weight excluding hydrogens is 362 g/mol. The molecule has 5 nitrogen and oxygen atoms in total. The highest BCUT2D eigenvalue weighted by molar-refractivity contribution is 5.30. The maximum Gasteiger partial charge on any atom is 0.119 e. The Morgan fingerprint density at radius 1 is 1.10 bits per heavy atom. The number of piperidine rings is 1. The summed E-state index contributed by atoms with van der Waals surface area (Å²) >= 11 is 0. The second kappa shape index (κ2) is 9.72. The number of ether oxygens (including phenoxy) is 1. The van der Waals surface area contributed by atoms with Gasteiger partial charge in [-0.05, 0) is 48.2 Å². The van der Waals surface area contributed by atoms with Crippen LogP contribution in [0.15, 0.2) is 60.8 Å². The lowest BCUT2D eigenvalue weighted by atomic mass is 9.90. The first-order valence-electron chi connectivity index (χ1n) is 10.4. The van der Waals surface area contributed by atoms with E-state index in [4.69, 9.17) is 9.84 Å². The summed E-state index contributed by atoms with van der Waals surface area (Å²) in [6.45, 7) is 3.42. The first kappa shape index (κ1) is 19.7. The number of likely N-dealkylation sites (tertiary alicyclic amines) is 1. The van der Waals surface area contributed by atoms with Crippen molar-refractivity contribution in [2.24, 2.45) is 0 Å². The summed E-state index contributed by atoms with van der Waals surface area (Å²) in [5, 5.41) is 16.6. The van der Waals surface area contributed by atoms with Crippen molar-refractivity contribution < 1.29 is 9.84 Å². The predicted molar refractivity (Wildman–Crippen MR) is 114 cm³/mol. The zero-order chi connectivity index (χ0) is 19.9. The fourth-order valence-electron chi connectivity index (χ4n) is 4.22. The summed E-state index contributed by atoms with van der Waals surface area (Å²) in [5.41, 5.74) is 5.17. The van der Waals surface area contributed by atoms with Gasteiger partial charge >= 0.3 is 0 Å². The number of aliphatic hydroxyl groups excluding tert-OH is 1. The summed E-state index contributed by atoms with van der Waals surface area (Å²) in [6, 6.07) is 18.8. The van der Waals surface area contributed by atoms with Crippen molar-refractivity contribution in [2.45, 2.75) is 31.7 Å². The highest BCUT2D eigenvalue weighted by Gasteiger charge is 2.24. The summed E-state index contributed by atoms with van der Waals surface area (Å²) in [5.74, 6) is 1.31. The van der Waals surface area contributed by atoms with Crippen LogP contribution in [0.2, 0.25) is 0 Å². The maximum atomic E-state index is 8.95. The summed E-state index contributed by atoms with van der Waals surface area (Å²) in [7, 11) is 0. The monoisotopic (exact) mass is 391 g/mol. The number of rotatable bonds is 8. The van der Waals surface area contributed by atoms with E-state index in [1.165, 1.54) is 35.2 Å². The summed E-state index contributed by atoms with van der Waals surface area (Å²) in [4.78, 5) is 2.52. The second-order valence-corrected chi connectivity index (χ2v) is 7.77. The zero-order valence-corrected chi connectivity index (χ0v) is 16.8. The third-order valence-corrected chi connectivity index (χ3v) is 5.57. The fraction of sp³-hybridized carbons (Fsp3) is 0.375. The first-order chi connectivity index (χ1) is 14.3. The van der Waals surface area contributed by atoms with Crippen LogP contribution in [0.4, 0.5) is 0 Å². The van der Waals surface area contributed by atoms with Gasteiger partial charge in [-0.15, -0.1) is 0 Å². The summed E-state index contributed by atoms with van der Waals surface area (Å²) in [6.07, 6.45) is 5.30. The number of hydrogen-bond acceptors (Lipinski definition) is 4. The molecule has 5 heteroatoms. The number of nitrogens with zero attached hydrogens (tertiary/aromatic N) is 2. The molecule has 0 unspecified atom stereocenters. The van der Waals surface area contributed by atoms with Crippen LogP contribution >= 0.6 is 0 Å². The van der Waals surface area contributed by atoms with E-state index >= 15 is 0 Å². The Bertz CT molecular complexity index is 894. The van der Waals surface area contributed by atoms with E-state index in [2.05, 4.69) is 57.6 Å². The van der Waals surface area contributed by atoms with Crippen LogP contribution in [0.25, 0.3) is 0 Å². The smallest absolute Gasteiger partial charge is 0.119 e. The quantitative estimate of drug-likeness (QED) is 0.614. The third-order valence-electron chi connectivity index (χ3n) is 5.57. The molecule has 1 fully saturated rings. The largest absolute Gasteiger partial charge is 0.491 e.